The van der Waals surface area contributed by atoms with E-state index < -0.39 is 0 Å². The van der Waals surface area contributed by atoms with Crippen LogP contribution in [0.15, 0.2) is 0 Å². The minimum Gasteiger partial charge on any atom is -0.298 e. The molecule has 0 atom stereocenters. The molecule has 0 aromatic rings. The molecule has 2 aliphatic carbocycles. The minimum atomic E-state index is 0.395. The zero-order chi connectivity index (χ0) is 14.5. The van der Waals surface area contributed by atoms with E-state index in [4.69, 9.17) is 0 Å². The third kappa shape index (κ3) is 4.31. The van der Waals surface area contributed by atoms with Crippen LogP contribution < -0.4 is 0 Å². The normalized spacial score (nSPS) is 33.0. The van der Waals surface area contributed by atoms with E-state index in [-0.39, 0.29) is 0 Å². The topological polar surface area (TPSA) is 20.3 Å². The summed E-state index contributed by atoms with van der Waals surface area (Å²) >= 11 is 0. The number of carbonyl (C=O) groups excluding carboxylic acids is 1. The first-order valence-electron chi connectivity index (χ1n) is 9.58. The Kier molecular flexibility index (Phi) is 5.74. The third-order valence-electron chi connectivity index (χ3n) is 6.37. The fourth-order valence-electron chi connectivity index (χ4n) is 4.99. The van der Waals surface area contributed by atoms with Gasteiger partial charge in [-0.25, -0.2) is 0 Å². The summed E-state index contributed by atoms with van der Waals surface area (Å²) in [7, 11) is 0. The van der Waals surface area contributed by atoms with Crippen LogP contribution in [0.1, 0.15) is 77.0 Å². The van der Waals surface area contributed by atoms with E-state index in [0.29, 0.717) is 11.7 Å². The molecule has 3 aliphatic rings. The number of ketones is 1. The molecule has 1 saturated heterocycles. The molecule has 2 nitrogen and oxygen atoms in total. The van der Waals surface area contributed by atoms with Gasteiger partial charge in [0.05, 0.1) is 6.54 Å². The number of likely N-dealkylation sites (tertiary alicyclic amines) is 1. The van der Waals surface area contributed by atoms with Gasteiger partial charge in [0.2, 0.25) is 0 Å². The van der Waals surface area contributed by atoms with Crippen molar-refractivity contribution in [2.45, 2.75) is 77.0 Å². The van der Waals surface area contributed by atoms with Gasteiger partial charge in [-0.1, -0.05) is 38.5 Å². The molecule has 0 aromatic carbocycles. The van der Waals surface area contributed by atoms with E-state index in [1.54, 1.807) is 0 Å². The number of Topliss-reactive ketones (excluding diaryl/α,β-unsaturated/α-hetero) is 1. The summed E-state index contributed by atoms with van der Waals surface area (Å²) in [5.74, 6) is 2.90. The van der Waals surface area contributed by atoms with E-state index in [2.05, 4.69) is 4.90 Å². The van der Waals surface area contributed by atoms with Gasteiger partial charge >= 0.3 is 0 Å². The second-order valence-corrected chi connectivity index (χ2v) is 7.81. The van der Waals surface area contributed by atoms with Crippen LogP contribution >= 0.6 is 0 Å². The summed E-state index contributed by atoms with van der Waals surface area (Å²) in [4.78, 5) is 14.9. The minimum absolute atomic E-state index is 0.395. The summed E-state index contributed by atoms with van der Waals surface area (Å²) in [6.45, 7) is 3.06. The maximum Gasteiger partial charge on any atom is 0.149 e. The molecule has 2 saturated carbocycles. The van der Waals surface area contributed by atoms with Crippen LogP contribution in [0, 0.1) is 17.8 Å². The zero-order valence-corrected chi connectivity index (χ0v) is 13.7. The van der Waals surface area contributed by atoms with Gasteiger partial charge < -0.3 is 0 Å². The molecule has 0 amide bonds. The highest BCUT2D eigenvalue weighted by Crippen LogP contribution is 2.40. The van der Waals surface area contributed by atoms with Crippen molar-refractivity contribution in [2.24, 2.45) is 17.8 Å². The highest BCUT2D eigenvalue weighted by atomic mass is 16.1. The molecule has 0 aromatic heterocycles. The van der Waals surface area contributed by atoms with E-state index in [1.807, 2.05) is 0 Å². The number of rotatable bonds is 4. The third-order valence-corrected chi connectivity index (χ3v) is 6.37. The molecule has 0 radical (unpaired) electrons. The summed E-state index contributed by atoms with van der Waals surface area (Å²) in [5, 5.41) is 0. The van der Waals surface area contributed by atoms with Crippen molar-refractivity contribution in [3.8, 4) is 0 Å². The molecule has 0 unspecified atom stereocenters. The number of nitrogens with zero attached hydrogens (tertiary/aromatic N) is 1. The maximum absolute atomic E-state index is 12.5. The monoisotopic (exact) mass is 291 g/mol. The Bertz CT molecular complexity index is 320. The lowest BCUT2D eigenvalue weighted by atomic mass is 9.70. The Morgan fingerprint density at radius 1 is 0.714 bits per heavy atom. The maximum atomic E-state index is 12.5. The molecule has 0 spiro atoms. The SMILES string of the molecule is O=C(CN1CCCCC1)C1CCC(C2CCCCC2)CC1. The van der Waals surface area contributed by atoms with Crippen molar-refractivity contribution in [1.29, 1.82) is 0 Å². The average Bonchev–Trinajstić information content (AvgIpc) is 2.57. The molecule has 1 aliphatic heterocycles. The predicted octanol–water partition coefficient (Wildman–Crippen LogP) is 4.43. The highest BCUT2D eigenvalue weighted by Gasteiger charge is 2.31. The summed E-state index contributed by atoms with van der Waals surface area (Å²) in [6.07, 6.45) is 16.3. The van der Waals surface area contributed by atoms with Crippen molar-refractivity contribution in [3.63, 3.8) is 0 Å². The molecule has 3 rings (SSSR count). The fraction of sp³-hybridized carbons (Fsp3) is 0.947. The first kappa shape index (κ1) is 15.5. The number of hydrogen-bond donors (Lipinski definition) is 0. The summed E-state index contributed by atoms with van der Waals surface area (Å²) in [6, 6.07) is 0. The molecule has 2 heteroatoms. The lowest BCUT2D eigenvalue weighted by Gasteiger charge is -2.36. The molecular formula is C19H33NO. The standard InChI is InChI=1S/C19H33NO/c21-19(15-20-13-5-2-6-14-20)18-11-9-17(10-12-18)16-7-3-1-4-8-16/h16-18H,1-15H2. The van der Waals surface area contributed by atoms with Crippen LogP contribution in [0.25, 0.3) is 0 Å². The van der Waals surface area contributed by atoms with E-state index in [0.717, 1.165) is 31.5 Å². The summed E-state index contributed by atoms with van der Waals surface area (Å²) < 4.78 is 0. The molecule has 1 heterocycles. The van der Waals surface area contributed by atoms with Crippen LogP contribution in [-0.2, 0) is 4.79 Å². The van der Waals surface area contributed by atoms with Gasteiger partial charge in [-0.2, -0.15) is 0 Å². The molecule has 120 valence electrons. The molecular weight excluding hydrogens is 258 g/mol. The Morgan fingerprint density at radius 3 is 1.95 bits per heavy atom. The smallest absolute Gasteiger partial charge is 0.149 e. The molecule has 0 N–H and O–H groups in total. The number of carbonyl (C=O) groups is 1. The van der Waals surface area contributed by atoms with Gasteiger partial charge in [0.25, 0.3) is 0 Å². The second kappa shape index (κ2) is 7.76. The van der Waals surface area contributed by atoms with Crippen molar-refractivity contribution in [3.05, 3.63) is 0 Å². The lowest BCUT2D eigenvalue weighted by molar-refractivity contribution is -0.125. The number of piperidine rings is 1. The van der Waals surface area contributed by atoms with Crippen molar-refractivity contribution in [2.75, 3.05) is 19.6 Å². The van der Waals surface area contributed by atoms with E-state index in [9.17, 15) is 4.79 Å². The number of hydrogen-bond acceptors (Lipinski definition) is 2. The van der Waals surface area contributed by atoms with Crippen LogP contribution in [-0.4, -0.2) is 30.3 Å². The van der Waals surface area contributed by atoms with Gasteiger partial charge in [0, 0.05) is 5.92 Å². The van der Waals surface area contributed by atoms with Crippen molar-refractivity contribution >= 4 is 5.78 Å². The molecule has 0 bridgehead atoms. The highest BCUT2D eigenvalue weighted by molar-refractivity contribution is 5.83. The van der Waals surface area contributed by atoms with Gasteiger partial charge in [-0.05, 0) is 63.5 Å². The summed E-state index contributed by atoms with van der Waals surface area (Å²) in [5.41, 5.74) is 0. The van der Waals surface area contributed by atoms with Crippen LogP contribution in [0.2, 0.25) is 0 Å². The van der Waals surface area contributed by atoms with Crippen molar-refractivity contribution in [1.82, 2.24) is 4.90 Å². The van der Waals surface area contributed by atoms with Crippen LogP contribution in [0.4, 0.5) is 0 Å². The Hall–Kier alpha value is -0.370. The predicted molar refractivity (Wildman–Crippen MR) is 87.3 cm³/mol. The molecule has 3 fully saturated rings. The van der Waals surface area contributed by atoms with Crippen LogP contribution in [0.5, 0.6) is 0 Å². The Balaban J connectivity index is 1.40. The average molecular weight is 291 g/mol. The lowest BCUT2D eigenvalue weighted by Crippen LogP contribution is -2.38. The van der Waals surface area contributed by atoms with Crippen molar-refractivity contribution < 1.29 is 4.79 Å². The van der Waals surface area contributed by atoms with E-state index in [1.165, 1.54) is 77.0 Å². The second-order valence-electron chi connectivity index (χ2n) is 7.81. The fourth-order valence-corrected chi connectivity index (χ4v) is 4.99. The largest absolute Gasteiger partial charge is 0.298 e. The Morgan fingerprint density at radius 2 is 1.29 bits per heavy atom. The van der Waals surface area contributed by atoms with Gasteiger partial charge in [-0.3, -0.25) is 9.69 Å². The Labute approximate surface area is 130 Å². The van der Waals surface area contributed by atoms with E-state index >= 15 is 0 Å². The van der Waals surface area contributed by atoms with Crippen LogP contribution in [0.3, 0.4) is 0 Å². The molecule has 21 heavy (non-hydrogen) atoms. The zero-order valence-electron chi connectivity index (χ0n) is 13.7. The first-order valence-corrected chi connectivity index (χ1v) is 9.58. The first-order chi connectivity index (χ1) is 10.3. The van der Waals surface area contributed by atoms with Gasteiger partial charge in [-0.15, -0.1) is 0 Å². The van der Waals surface area contributed by atoms with Gasteiger partial charge in [0.1, 0.15) is 5.78 Å². The quantitative estimate of drug-likeness (QED) is 0.764. The van der Waals surface area contributed by atoms with Gasteiger partial charge in [0.15, 0.2) is 0 Å².